The van der Waals surface area contributed by atoms with Crippen molar-refractivity contribution in [3.63, 3.8) is 0 Å². The third-order valence-electron chi connectivity index (χ3n) is 4.69. The summed E-state index contributed by atoms with van der Waals surface area (Å²) in [6.07, 6.45) is 5.01. The number of alkyl halides is 4. The number of aromatic amines is 1. The lowest BCUT2D eigenvalue weighted by Crippen LogP contribution is -2.17. The molecule has 0 spiro atoms. The first-order valence-electron chi connectivity index (χ1n) is 9.80. The third-order valence-corrected chi connectivity index (χ3v) is 4.69. The fraction of sp³-hybridized carbons (Fsp3) is 0.130. The molecular weight excluding hydrogens is 440 g/mol. The molecule has 0 saturated heterocycles. The van der Waals surface area contributed by atoms with Crippen LogP contribution in [0.5, 0.6) is 11.5 Å². The van der Waals surface area contributed by atoms with Gasteiger partial charge in [-0.25, -0.2) is 0 Å². The molecule has 0 atom stereocenters. The average molecular weight is 458 g/mol. The van der Waals surface area contributed by atoms with Gasteiger partial charge in [0.25, 0.3) is 0 Å². The second-order valence-electron chi connectivity index (χ2n) is 6.85. The molecule has 0 aliphatic rings. The van der Waals surface area contributed by atoms with Crippen molar-refractivity contribution in [2.24, 2.45) is 0 Å². The van der Waals surface area contributed by atoms with Crippen LogP contribution >= 0.6 is 0 Å². The predicted molar refractivity (Wildman–Crippen MR) is 114 cm³/mol. The van der Waals surface area contributed by atoms with E-state index in [2.05, 4.69) is 24.7 Å². The van der Waals surface area contributed by atoms with Crippen molar-refractivity contribution in [3.8, 4) is 22.8 Å². The van der Waals surface area contributed by atoms with E-state index in [-0.39, 0.29) is 0 Å². The van der Waals surface area contributed by atoms with Crippen molar-refractivity contribution in [2.45, 2.75) is 19.8 Å². The Balaban J connectivity index is 1.77. The van der Waals surface area contributed by atoms with E-state index in [1.807, 2.05) is 41.3 Å². The number of ether oxygens (including phenoxy) is 2. The van der Waals surface area contributed by atoms with Crippen LogP contribution in [-0.4, -0.2) is 28.4 Å². The molecular formula is C23H18F4N4O2. The molecule has 0 aliphatic carbocycles. The van der Waals surface area contributed by atoms with Gasteiger partial charge in [0.15, 0.2) is 11.5 Å². The minimum atomic E-state index is -3.21. The smallest absolute Gasteiger partial charge is 0.387 e. The lowest BCUT2D eigenvalue weighted by atomic mass is 10.1. The number of benzene rings is 2. The molecule has 2 heterocycles. The van der Waals surface area contributed by atoms with Gasteiger partial charge in [-0.2, -0.15) is 22.7 Å². The third kappa shape index (κ3) is 5.59. The first kappa shape index (κ1) is 22.1. The Hall–Kier alpha value is -4.08. The summed E-state index contributed by atoms with van der Waals surface area (Å²) in [6.45, 7) is -6.08. The van der Waals surface area contributed by atoms with Gasteiger partial charge in [-0.15, -0.1) is 0 Å². The van der Waals surface area contributed by atoms with E-state index in [1.54, 1.807) is 24.7 Å². The number of rotatable bonds is 9. The molecule has 6 nitrogen and oxygen atoms in total. The Morgan fingerprint density at radius 1 is 0.848 bits per heavy atom. The molecule has 4 rings (SSSR count). The van der Waals surface area contributed by atoms with Crippen LogP contribution in [0.1, 0.15) is 5.56 Å². The molecule has 0 fully saturated rings. The van der Waals surface area contributed by atoms with Gasteiger partial charge in [0.2, 0.25) is 0 Å². The highest BCUT2D eigenvalue weighted by atomic mass is 19.3. The Morgan fingerprint density at radius 2 is 1.64 bits per heavy atom. The number of anilines is 2. The van der Waals surface area contributed by atoms with Crippen LogP contribution in [0.4, 0.5) is 28.9 Å². The summed E-state index contributed by atoms with van der Waals surface area (Å²) >= 11 is 0. The minimum absolute atomic E-state index is 0.320. The highest BCUT2D eigenvalue weighted by Crippen LogP contribution is 2.38. The lowest BCUT2D eigenvalue weighted by molar-refractivity contribution is -0.0692. The molecule has 10 heteroatoms. The molecule has 33 heavy (non-hydrogen) atoms. The van der Waals surface area contributed by atoms with Crippen molar-refractivity contribution in [1.29, 1.82) is 0 Å². The zero-order chi connectivity index (χ0) is 23.2. The van der Waals surface area contributed by atoms with Crippen molar-refractivity contribution in [3.05, 3.63) is 84.8 Å². The monoisotopic (exact) mass is 458 g/mol. The number of hydrogen-bond donors (Lipinski definition) is 1. The average Bonchev–Trinajstić information content (AvgIpc) is 3.34. The molecule has 2 aromatic heterocycles. The van der Waals surface area contributed by atoms with Gasteiger partial charge in [-0.1, -0.05) is 18.2 Å². The number of H-pyrrole nitrogens is 1. The van der Waals surface area contributed by atoms with Crippen molar-refractivity contribution in [1.82, 2.24) is 15.2 Å². The van der Waals surface area contributed by atoms with Crippen LogP contribution in [0.25, 0.3) is 11.3 Å². The summed E-state index contributed by atoms with van der Waals surface area (Å²) < 4.78 is 60.2. The maximum atomic E-state index is 13.0. The Kier molecular flexibility index (Phi) is 6.72. The minimum Gasteiger partial charge on any atom is -0.431 e. The van der Waals surface area contributed by atoms with Gasteiger partial charge in [0.1, 0.15) is 0 Å². The standard InChI is InChI=1S/C23H18F4N4O2/c24-22(25)32-20-7-6-18(12-21(20)33-23(26)27)31(14-15-3-2-9-28-13-15)17-5-1-4-16(11-17)19-8-10-29-30-19/h1-13,22-23H,14H2,(H,29,30). The molecule has 0 bridgehead atoms. The number of pyridine rings is 1. The Bertz CT molecular complexity index is 1170. The summed E-state index contributed by atoms with van der Waals surface area (Å²) in [7, 11) is 0. The topological polar surface area (TPSA) is 63.3 Å². The van der Waals surface area contributed by atoms with Gasteiger partial charge < -0.3 is 14.4 Å². The predicted octanol–water partition coefficient (Wildman–Crippen LogP) is 6.01. The molecule has 1 N–H and O–H groups in total. The van der Waals surface area contributed by atoms with E-state index in [0.29, 0.717) is 17.9 Å². The zero-order valence-electron chi connectivity index (χ0n) is 17.0. The van der Waals surface area contributed by atoms with Crippen LogP contribution in [0.15, 0.2) is 79.3 Å². The van der Waals surface area contributed by atoms with Gasteiger partial charge in [0.05, 0.1) is 5.69 Å². The maximum absolute atomic E-state index is 13.0. The van der Waals surface area contributed by atoms with Gasteiger partial charge in [0, 0.05) is 48.1 Å². The van der Waals surface area contributed by atoms with E-state index in [1.165, 1.54) is 18.2 Å². The van der Waals surface area contributed by atoms with Gasteiger partial charge in [-0.3, -0.25) is 10.1 Å². The fourth-order valence-electron chi connectivity index (χ4n) is 3.31. The maximum Gasteiger partial charge on any atom is 0.387 e. The Morgan fingerprint density at radius 3 is 2.33 bits per heavy atom. The zero-order valence-corrected chi connectivity index (χ0v) is 17.0. The van der Waals surface area contributed by atoms with Crippen LogP contribution in [0, 0.1) is 0 Å². The first-order chi connectivity index (χ1) is 16.0. The summed E-state index contributed by atoms with van der Waals surface area (Å²) in [6, 6.07) is 16.8. The van der Waals surface area contributed by atoms with E-state index >= 15 is 0 Å². The lowest BCUT2D eigenvalue weighted by Gasteiger charge is -2.26. The summed E-state index contributed by atoms with van der Waals surface area (Å²) in [5.74, 6) is -0.983. The molecule has 4 aromatic rings. The second-order valence-corrected chi connectivity index (χ2v) is 6.85. The Labute approximate surface area is 186 Å². The summed E-state index contributed by atoms with van der Waals surface area (Å²) in [5.41, 5.74) is 3.53. The molecule has 0 amide bonds. The molecule has 0 unspecified atom stereocenters. The number of halogens is 4. The number of nitrogens with one attached hydrogen (secondary N) is 1. The van der Waals surface area contributed by atoms with Gasteiger partial charge >= 0.3 is 13.2 Å². The number of hydrogen-bond acceptors (Lipinski definition) is 5. The van der Waals surface area contributed by atoms with E-state index < -0.39 is 24.7 Å². The highest BCUT2D eigenvalue weighted by Gasteiger charge is 2.19. The van der Waals surface area contributed by atoms with Crippen molar-refractivity contribution >= 4 is 11.4 Å². The van der Waals surface area contributed by atoms with E-state index in [9.17, 15) is 17.6 Å². The molecule has 2 aromatic carbocycles. The van der Waals surface area contributed by atoms with Crippen LogP contribution in [0.2, 0.25) is 0 Å². The van der Waals surface area contributed by atoms with Crippen molar-refractivity contribution < 1.29 is 27.0 Å². The number of aromatic nitrogens is 3. The summed E-state index contributed by atoms with van der Waals surface area (Å²) in [5, 5.41) is 6.95. The van der Waals surface area contributed by atoms with Crippen LogP contribution in [0.3, 0.4) is 0 Å². The second kappa shape index (κ2) is 10.0. The van der Waals surface area contributed by atoms with Crippen LogP contribution in [-0.2, 0) is 6.54 Å². The fourth-order valence-corrected chi connectivity index (χ4v) is 3.31. The SMILES string of the molecule is FC(F)Oc1ccc(N(Cc2cccnc2)c2cccc(-c3cc[nH]n3)c2)cc1OC(F)F. The van der Waals surface area contributed by atoms with Crippen LogP contribution < -0.4 is 14.4 Å². The molecule has 0 radical (unpaired) electrons. The quantitative estimate of drug-likeness (QED) is 0.311. The molecule has 0 aliphatic heterocycles. The normalized spacial score (nSPS) is 11.1. The largest absolute Gasteiger partial charge is 0.431 e. The summed E-state index contributed by atoms with van der Waals surface area (Å²) in [4.78, 5) is 5.94. The van der Waals surface area contributed by atoms with E-state index in [4.69, 9.17) is 0 Å². The van der Waals surface area contributed by atoms with Gasteiger partial charge in [-0.05, 0) is 42.0 Å². The number of nitrogens with zero attached hydrogens (tertiary/aromatic N) is 3. The van der Waals surface area contributed by atoms with Crippen molar-refractivity contribution in [2.75, 3.05) is 4.90 Å². The molecule has 0 saturated carbocycles. The first-order valence-corrected chi connectivity index (χ1v) is 9.80. The molecule has 170 valence electrons. The van der Waals surface area contributed by atoms with E-state index in [0.717, 1.165) is 16.8 Å². The highest BCUT2D eigenvalue weighted by molar-refractivity contribution is 5.72.